The first-order valence-corrected chi connectivity index (χ1v) is 39.3. The van der Waals surface area contributed by atoms with Crippen LogP contribution in [0.1, 0.15) is 438 Å². The lowest BCUT2D eigenvalue weighted by atomic mass is 10.0. The monoisotopic (exact) mass is 1210 g/mol. The Morgan fingerprint density at radius 2 is 0.547 bits per heavy atom. The number of carbonyl (C=O) groups is 2. The minimum absolute atomic E-state index is 0.0153. The molecule has 0 aliphatic heterocycles. The van der Waals surface area contributed by atoms with Gasteiger partial charge in [0.15, 0.2) is 0 Å². The number of unbranched alkanes of at least 4 members (excludes halogenated alkanes) is 59. The Balaban J connectivity index is 3.37. The first kappa shape index (κ1) is 84.1. The summed E-state index contributed by atoms with van der Waals surface area (Å²) >= 11 is 0. The molecule has 0 aromatic rings. The molecule has 0 spiro atoms. The third-order valence-corrected chi connectivity index (χ3v) is 18.4. The number of aliphatic hydroxyl groups excluding tert-OH is 2. The molecule has 2 unspecified atom stereocenters. The highest BCUT2D eigenvalue weighted by molar-refractivity contribution is 5.76. The van der Waals surface area contributed by atoms with E-state index in [-0.39, 0.29) is 18.5 Å². The third-order valence-electron chi connectivity index (χ3n) is 18.4. The maximum absolute atomic E-state index is 12.5. The van der Waals surface area contributed by atoms with Gasteiger partial charge in [-0.05, 0) is 83.5 Å². The molecular weight excluding hydrogens is 1050 g/mol. The highest BCUT2D eigenvalue weighted by Gasteiger charge is 2.18. The summed E-state index contributed by atoms with van der Waals surface area (Å²) in [5, 5.41) is 23.3. The second-order valence-corrected chi connectivity index (χ2v) is 27.0. The van der Waals surface area contributed by atoms with Crippen LogP contribution in [0, 0.1) is 0 Å². The van der Waals surface area contributed by atoms with Crippen LogP contribution in [-0.2, 0) is 14.3 Å². The summed E-state index contributed by atoms with van der Waals surface area (Å²) in [7, 11) is 0. The summed E-state index contributed by atoms with van der Waals surface area (Å²) in [6.45, 7) is 4.95. The Morgan fingerprint density at radius 3 is 0.826 bits per heavy atom. The second kappa shape index (κ2) is 75.5. The zero-order valence-corrected chi connectivity index (χ0v) is 58.3. The van der Waals surface area contributed by atoms with E-state index in [0.717, 1.165) is 44.9 Å². The number of hydrogen-bond donors (Lipinski definition) is 3. The van der Waals surface area contributed by atoms with Crippen LogP contribution in [0.15, 0.2) is 36.5 Å². The highest BCUT2D eigenvalue weighted by atomic mass is 16.5. The molecule has 0 aliphatic rings. The van der Waals surface area contributed by atoms with Gasteiger partial charge >= 0.3 is 5.97 Å². The standard InChI is InChI=1S/C80H153NO5/c1-3-5-7-9-11-13-15-17-19-21-23-37-40-44-48-52-56-60-64-68-72-78(83)77(76-82)81-79(84)73-69-65-61-57-53-49-45-41-38-35-33-31-29-27-25-24-26-28-30-32-34-36-39-43-47-51-55-59-63-67-71-75-86-80(85)74-70-66-62-58-54-50-46-42-22-20-18-16-14-12-10-8-6-4-2/h20,22,26,28,68,72,77-78,82-83H,3-19,21,23-25,27,29-67,69-71,73-76H2,1-2H3,(H,81,84)/b22-20-,28-26-,72-68+. The molecule has 0 saturated carbocycles. The number of ether oxygens (including phenoxy) is 1. The van der Waals surface area contributed by atoms with E-state index in [2.05, 4.69) is 43.5 Å². The molecule has 0 radical (unpaired) electrons. The quantitative estimate of drug-likeness (QED) is 0.0320. The summed E-state index contributed by atoms with van der Waals surface area (Å²) in [6, 6.07) is -0.627. The SMILES string of the molecule is CCCCCCCCC/C=C\CCCCCCCCCC(=O)OCCCCCCCCCCCCCC/C=C\CCCCCCCCCCCCCCCCCC(=O)NC(CO)C(O)/C=C/CCCCCCCCCCCCCCCCCCCC. The van der Waals surface area contributed by atoms with Crippen LogP contribution in [0.2, 0.25) is 0 Å². The third kappa shape index (κ3) is 71.2. The van der Waals surface area contributed by atoms with Crippen molar-refractivity contribution < 1.29 is 24.5 Å². The summed E-state index contributed by atoms with van der Waals surface area (Å²) in [4.78, 5) is 24.6. The summed E-state index contributed by atoms with van der Waals surface area (Å²) in [5.41, 5.74) is 0. The smallest absolute Gasteiger partial charge is 0.305 e. The van der Waals surface area contributed by atoms with E-state index in [1.165, 1.54) is 366 Å². The van der Waals surface area contributed by atoms with Crippen molar-refractivity contribution in [2.75, 3.05) is 13.2 Å². The van der Waals surface area contributed by atoms with Gasteiger partial charge in [-0.2, -0.15) is 0 Å². The topological polar surface area (TPSA) is 95.9 Å². The fraction of sp³-hybridized carbons (Fsp3) is 0.900. The number of nitrogens with one attached hydrogen (secondary N) is 1. The van der Waals surface area contributed by atoms with Crippen molar-refractivity contribution >= 4 is 11.9 Å². The van der Waals surface area contributed by atoms with Crippen molar-refractivity contribution in [2.45, 2.75) is 450 Å². The average Bonchev–Trinajstić information content (AvgIpc) is 3.54. The molecule has 6 nitrogen and oxygen atoms in total. The minimum atomic E-state index is -0.844. The molecule has 508 valence electrons. The molecule has 0 fully saturated rings. The molecule has 1 amide bonds. The van der Waals surface area contributed by atoms with Crippen LogP contribution in [0.5, 0.6) is 0 Å². The molecule has 0 aromatic heterocycles. The molecule has 0 rings (SSSR count). The van der Waals surface area contributed by atoms with Gasteiger partial charge in [0.25, 0.3) is 0 Å². The Labute approximate surface area is 538 Å². The van der Waals surface area contributed by atoms with Crippen LogP contribution in [-0.4, -0.2) is 47.4 Å². The van der Waals surface area contributed by atoms with Gasteiger partial charge in [-0.15, -0.1) is 0 Å². The van der Waals surface area contributed by atoms with Crippen molar-refractivity contribution in [3.05, 3.63) is 36.5 Å². The van der Waals surface area contributed by atoms with Gasteiger partial charge < -0.3 is 20.3 Å². The lowest BCUT2D eigenvalue weighted by Gasteiger charge is -2.20. The zero-order chi connectivity index (χ0) is 62.0. The van der Waals surface area contributed by atoms with Crippen LogP contribution >= 0.6 is 0 Å². The molecular formula is C80H153NO5. The van der Waals surface area contributed by atoms with Crippen LogP contribution in [0.25, 0.3) is 0 Å². The van der Waals surface area contributed by atoms with E-state index in [4.69, 9.17) is 4.74 Å². The number of hydrogen-bond acceptors (Lipinski definition) is 5. The lowest BCUT2D eigenvalue weighted by Crippen LogP contribution is -2.45. The fourth-order valence-electron chi connectivity index (χ4n) is 12.4. The Bertz CT molecular complexity index is 1390. The van der Waals surface area contributed by atoms with Gasteiger partial charge in [0.2, 0.25) is 5.91 Å². The van der Waals surface area contributed by atoms with Crippen molar-refractivity contribution in [1.29, 1.82) is 0 Å². The predicted octanol–water partition coefficient (Wildman–Crippen LogP) is 25.8. The van der Waals surface area contributed by atoms with Gasteiger partial charge in [-0.3, -0.25) is 9.59 Å². The Hall–Kier alpha value is -1.92. The number of esters is 1. The first-order valence-electron chi connectivity index (χ1n) is 39.3. The normalized spacial score (nSPS) is 12.7. The van der Waals surface area contributed by atoms with Crippen LogP contribution in [0.4, 0.5) is 0 Å². The largest absolute Gasteiger partial charge is 0.466 e. The molecule has 0 heterocycles. The number of carbonyl (C=O) groups excluding carboxylic acids is 2. The number of amides is 1. The van der Waals surface area contributed by atoms with Gasteiger partial charge in [-0.1, -0.05) is 378 Å². The van der Waals surface area contributed by atoms with E-state index in [9.17, 15) is 19.8 Å². The van der Waals surface area contributed by atoms with E-state index < -0.39 is 12.1 Å². The maximum atomic E-state index is 12.5. The molecule has 0 bridgehead atoms. The Kier molecular flexibility index (Phi) is 73.9. The predicted molar refractivity (Wildman–Crippen MR) is 379 cm³/mol. The molecule has 6 heteroatoms. The molecule has 0 aliphatic carbocycles. The molecule has 0 aromatic carbocycles. The maximum Gasteiger partial charge on any atom is 0.305 e. The van der Waals surface area contributed by atoms with Crippen LogP contribution < -0.4 is 5.32 Å². The van der Waals surface area contributed by atoms with E-state index in [1.54, 1.807) is 6.08 Å². The van der Waals surface area contributed by atoms with Gasteiger partial charge in [0.1, 0.15) is 0 Å². The van der Waals surface area contributed by atoms with E-state index in [1.807, 2.05) is 6.08 Å². The molecule has 2 atom stereocenters. The van der Waals surface area contributed by atoms with Crippen LogP contribution in [0.3, 0.4) is 0 Å². The number of rotatable bonds is 74. The lowest BCUT2D eigenvalue weighted by molar-refractivity contribution is -0.143. The van der Waals surface area contributed by atoms with Gasteiger partial charge in [0, 0.05) is 12.8 Å². The summed E-state index contributed by atoms with van der Waals surface area (Å²) in [5.74, 6) is -0.0465. The second-order valence-electron chi connectivity index (χ2n) is 27.0. The highest BCUT2D eigenvalue weighted by Crippen LogP contribution is 2.19. The van der Waals surface area contributed by atoms with E-state index in [0.29, 0.717) is 19.4 Å². The van der Waals surface area contributed by atoms with Crippen molar-refractivity contribution in [2.24, 2.45) is 0 Å². The summed E-state index contributed by atoms with van der Waals surface area (Å²) in [6.07, 6.45) is 98.3. The zero-order valence-electron chi connectivity index (χ0n) is 58.3. The Morgan fingerprint density at radius 1 is 0.314 bits per heavy atom. The average molecular weight is 1210 g/mol. The summed E-state index contributed by atoms with van der Waals surface area (Å²) < 4.78 is 5.51. The van der Waals surface area contributed by atoms with Gasteiger partial charge in [-0.25, -0.2) is 0 Å². The molecule has 0 saturated heterocycles. The molecule has 3 N–H and O–H groups in total. The van der Waals surface area contributed by atoms with Crippen molar-refractivity contribution in [1.82, 2.24) is 5.32 Å². The number of aliphatic hydroxyl groups is 2. The van der Waals surface area contributed by atoms with Crippen molar-refractivity contribution in [3.63, 3.8) is 0 Å². The number of allylic oxidation sites excluding steroid dienone is 5. The van der Waals surface area contributed by atoms with Gasteiger partial charge in [0.05, 0.1) is 25.4 Å². The van der Waals surface area contributed by atoms with E-state index >= 15 is 0 Å². The fourth-order valence-corrected chi connectivity index (χ4v) is 12.4. The first-order chi connectivity index (χ1) is 42.5. The minimum Gasteiger partial charge on any atom is -0.466 e. The van der Waals surface area contributed by atoms with Crippen molar-refractivity contribution in [3.8, 4) is 0 Å². The molecule has 86 heavy (non-hydrogen) atoms.